The van der Waals surface area contributed by atoms with Crippen LogP contribution in [-0.2, 0) is 4.79 Å². The predicted molar refractivity (Wildman–Crippen MR) is 88.4 cm³/mol. The van der Waals surface area contributed by atoms with Crippen molar-refractivity contribution in [3.63, 3.8) is 0 Å². The van der Waals surface area contributed by atoms with E-state index < -0.39 is 23.3 Å². The molecule has 1 heterocycles. The van der Waals surface area contributed by atoms with Gasteiger partial charge in [-0.3, -0.25) is 9.59 Å². The highest BCUT2D eigenvalue weighted by atomic mass is 32.2. The molecule has 1 saturated heterocycles. The van der Waals surface area contributed by atoms with Crippen molar-refractivity contribution in [2.45, 2.75) is 6.42 Å². The molecule has 0 bridgehead atoms. The molecule has 24 heavy (non-hydrogen) atoms. The lowest BCUT2D eigenvalue weighted by Gasteiger charge is -2.22. The standard InChI is InChI=1S/C16H20F2N2O3S/c1-23-15-12(17)5-4-11(14(15)18)16(22)20-7-3-6-19(8-9-20)13(21)10-24-2/h4-5H,3,6-10H2,1-2H3. The van der Waals surface area contributed by atoms with Gasteiger partial charge in [0.2, 0.25) is 5.91 Å². The lowest BCUT2D eigenvalue weighted by molar-refractivity contribution is -0.128. The van der Waals surface area contributed by atoms with Gasteiger partial charge >= 0.3 is 0 Å². The van der Waals surface area contributed by atoms with Crippen LogP contribution in [0, 0.1) is 11.6 Å². The quantitative estimate of drug-likeness (QED) is 0.826. The zero-order valence-corrected chi connectivity index (χ0v) is 14.5. The highest BCUT2D eigenvalue weighted by Gasteiger charge is 2.26. The minimum Gasteiger partial charge on any atom is -0.491 e. The predicted octanol–water partition coefficient (Wildman–Crippen LogP) is 2.01. The summed E-state index contributed by atoms with van der Waals surface area (Å²) in [4.78, 5) is 27.7. The Kier molecular flexibility index (Phi) is 6.42. The van der Waals surface area contributed by atoms with Crippen LogP contribution in [0.4, 0.5) is 8.78 Å². The monoisotopic (exact) mass is 358 g/mol. The van der Waals surface area contributed by atoms with Crippen molar-refractivity contribution in [2.24, 2.45) is 0 Å². The highest BCUT2D eigenvalue weighted by molar-refractivity contribution is 7.99. The fourth-order valence-electron chi connectivity index (χ4n) is 2.64. The number of rotatable bonds is 4. The van der Waals surface area contributed by atoms with E-state index in [-0.39, 0.29) is 11.5 Å². The Bertz CT molecular complexity index is 628. The van der Waals surface area contributed by atoms with Crippen LogP contribution in [0.3, 0.4) is 0 Å². The third kappa shape index (κ3) is 3.98. The normalized spacial score (nSPS) is 15.2. The molecule has 2 amide bonds. The number of nitrogens with zero attached hydrogens (tertiary/aromatic N) is 2. The molecule has 1 aliphatic rings. The molecule has 0 aliphatic carbocycles. The Morgan fingerprint density at radius 2 is 1.83 bits per heavy atom. The number of carbonyl (C=O) groups excluding carboxylic acids is 2. The maximum absolute atomic E-state index is 14.3. The summed E-state index contributed by atoms with van der Waals surface area (Å²) in [6, 6.07) is 2.14. The Balaban J connectivity index is 2.12. The van der Waals surface area contributed by atoms with Crippen LogP contribution in [0.5, 0.6) is 5.75 Å². The average Bonchev–Trinajstić information content (AvgIpc) is 2.81. The van der Waals surface area contributed by atoms with Crippen molar-refractivity contribution in [3.05, 3.63) is 29.3 Å². The van der Waals surface area contributed by atoms with Gasteiger partial charge in [-0.2, -0.15) is 11.8 Å². The van der Waals surface area contributed by atoms with Crippen LogP contribution in [0.25, 0.3) is 0 Å². The van der Waals surface area contributed by atoms with Gasteiger partial charge in [0.1, 0.15) is 0 Å². The number of ether oxygens (including phenoxy) is 1. The van der Waals surface area contributed by atoms with Gasteiger partial charge in [0, 0.05) is 26.2 Å². The molecule has 0 spiro atoms. The molecule has 132 valence electrons. The molecule has 1 aromatic carbocycles. The molecule has 5 nitrogen and oxygen atoms in total. The second-order valence-electron chi connectivity index (χ2n) is 5.40. The topological polar surface area (TPSA) is 49.9 Å². The van der Waals surface area contributed by atoms with Crippen LogP contribution < -0.4 is 4.74 Å². The van der Waals surface area contributed by atoms with Crippen molar-refractivity contribution < 1.29 is 23.1 Å². The zero-order chi connectivity index (χ0) is 17.7. The maximum Gasteiger partial charge on any atom is 0.257 e. The second-order valence-corrected chi connectivity index (χ2v) is 6.27. The van der Waals surface area contributed by atoms with Gasteiger partial charge < -0.3 is 14.5 Å². The number of carbonyl (C=O) groups is 2. The van der Waals surface area contributed by atoms with Gasteiger partial charge in [-0.15, -0.1) is 0 Å². The van der Waals surface area contributed by atoms with Gasteiger partial charge in [0.05, 0.1) is 18.4 Å². The maximum atomic E-state index is 14.3. The third-order valence-electron chi connectivity index (χ3n) is 3.89. The molecule has 0 radical (unpaired) electrons. The first kappa shape index (κ1) is 18.5. The van der Waals surface area contributed by atoms with Crippen molar-refractivity contribution in [2.75, 3.05) is 45.3 Å². The Morgan fingerprint density at radius 3 is 2.50 bits per heavy atom. The van der Waals surface area contributed by atoms with Gasteiger partial charge in [-0.05, 0) is 24.8 Å². The molecule has 0 aromatic heterocycles. The Labute approximate surface area is 143 Å². The number of benzene rings is 1. The van der Waals surface area contributed by atoms with Crippen LogP contribution in [-0.4, -0.2) is 66.9 Å². The molecule has 0 N–H and O–H groups in total. The Morgan fingerprint density at radius 1 is 1.17 bits per heavy atom. The molecular weight excluding hydrogens is 338 g/mol. The van der Waals surface area contributed by atoms with Crippen LogP contribution in [0.1, 0.15) is 16.8 Å². The van der Waals surface area contributed by atoms with E-state index in [2.05, 4.69) is 4.74 Å². The molecule has 2 rings (SSSR count). The van der Waals surface area contributed by atoms with Crippen molar-refractivity contribution in [3.8, 4) is 5.75 Å². The number of hydrogen-bond acceptors (Lipinski definition) is 4. The van der Waals surface area contributed by atoms with E-state index in [4.69, 9.17) is 0 Å². The summed E-state index contributed by atoms with van der Waals surface area (Å²) in [6.07, 6.45) is 2.47. The lowest BCUT2D eigenvalue weighted by Crippen LogP contribution is -2.38. The van der Waals surface area contributed by atoms with Crippen molar-refractivity contribution in [1.29, 1.82) is 0 Å². The highest BCUT2D eigenvalue weighted by Crippen LogP contribution is 2.25. The SMILES string of the molecule is COc1c(F)ccc(C(=O)N2CCCN(C(=O)CSC)CC2)c1F. The minimum atomic E-state index is -0.998. The summed E-state index contributed by atoms with van der Waals surface area (Å²) in [7, 11) is 1.15. The molecule has 1 aromatic rings. The van der Waals surface area contributed by atoms with E-state index in [1.165, 1.54) is 16.7 Å². The number of hydrogen-bond donors (Lipinski definition) is 0. The van der Waals surface area contributed by atoms with Gasteiger partial charge in [0.15, 0.2) is 17.4 Å². The summed E-state index contributed by atoms with van der Waals surface area (Å²) in [6.45, 7) is 1.71. The molecule has 1 fully saturated rings. The third-order valence-corrected chi connectivity index (χ3v) is 4.42. The first-order chi connectivity index (χ1) is 11.5. The number of amides is 2. The smallest absolute Gasteiger partial charge is 0.257 e. The average molecular weight is 358 g/mol. The molecule has 1 aliphatic heterocycles. The lowest BCUT2D eigenvalue weighted by atomic mass is 10.1. The van der Waals surface area contributed by atoms with E-state index >= 15 is 0 Å². The summed E-state index contributed by atoms with van der Waals surface area (Å²) in [5, 5.41) is 0. The van der Waals surface area contributed by atoms with Gasteiger partial charge in [0.25, 0.3) is 5.91 Å². The summed E-state index contributed by atoms with van der Waals surface area (Å²) < 4.78 is 32.4. The second kappa shape index (κ2) is 8.32. The molecule has 0 saturated carbocycles. The molecule has 8 heteroatoms. The van der Waals surface area contributed by atoms with E-state index in [9.17, 15) is 18.4 Å². The van der Waals surface area contributed by atoms with Crippen molar-refractivity contribution in [1.82, 2.24) is 9.80 Å². The fraction of sp³-hybridized carbons (Fsp3) is 0.500. The first-order valence-corrected chi connectivity index (χ1v) is 8.97. The van der Waals surface area contributed by atoms with Crippen LogP contribution in [0.15, 0.2) is 12.1 Å². The summed E-state index contributed by atoms with van der Waals surface area (Å²) in [5.74, 6) is -2.50. The summed E-state index contributed by atoms with van der Waals surface area (Å²) >= 11 is 1.45. The largest absolute Gasteiger partial charge is 0.491 e. The van der Waals surface area contributed by atoms with E-state index in [1.54, 1.807) is 4.90 Å². The molecule has 0 unspecified atom stereocenters. The van der Waals surface area contributed by atoms with E-state index in [1.807, 2.05) is 6.26 Å². The number of thioether (sulfide) groups is 1. The fourth-order valence-corrected chi connectivity index (χ4v) is 3.07. The first-order valence-electron chi connectivity index (χ1n) is 7.57. The van der Waals surface area contributed by atoms with E-state index in [0.29, 0.717) is 38.4 Å². The zero-order valence-electron chi connectivity index (χ0n) is 13.7. The van der Waals surface area contributed by atoms with Crippen LogP contribution in [0.2, 0.25) is 0 Å². The van der Waals surface area contributed by atoms with Gasteiger partial charge in [-0.1, -0.05) is 0 Å². The van der Waals surface area contributed by atoms with Gasteiger partial charge in [-0.25, -0.2) is 8.78 Å². The van der Waals surface area contributed by atoms with Crippen LogP contribution >= 0.6 is 11.8 Å². The van der Waals surface area contributed by atoms with E-state index in [0.717, 1.165) is 19.2 Å². The number of halogens is 2. The molecular formula is C16H20F2N2O3S. The number of methoxy groups -OCH3 is 1. The molecule has 0 atom stereocenters. The Hall–Kier alpha value is -1.83. The minimum absolute atomic E-state index is 0.0337. The van der Waals surface area contributed by atoms with Crippen molar-refractivity contribution >= 4 is 23.6 Å². The summed E-state index contributed by atoms with van der Waals surface area (Å²) in [5.41, 5.74) is -0.225.